The van der Waals surface area contributed by atoms with Gasteiger partial charge in [0, 0.05) is 94.3 Å². The summed E-state index contributed by atoms with van der Waals surface area (Å²) in [4.78, 5) is 16.5. The van der Waals surface area contributed by atoms with Crippen molar-refractivity contribution in [2.45, 2.75) is 44.9 Å². The highest BCUT2D eigenvalue weighted by atomic mass is 35.5. The first-order valence-electron chi connectivity index (χ1n) is 15.8. The Labute approximate surface area is 276 Å². The van der Waals surface area contributed by atoms with Gasteiger partial charge in [0.25, 0.3) is 0 Å². The van der Waals surface area contributed by atoms with E-state index in [0.29, 0.717) is 43.1 Å². The maximum Gasteiger partial charge on any atom is 0.239 e. The van der Waals surface area contributed by atoms with E-state index in [0.717, 1.165) is 85.0 Å². The molecular weight excluding hydrogens is 624 g/mol. The quantitative estimate of drug-likeness (QED) is 0.388. The molecule has 1 fully saturated rings. The molecule has 2 aromatic carbocycles. The number of nitrogens with zero attached hydrogens (tertiary/aromatic N) is 5. The number of benzene rings is 2. The van der Waals surface area contributed by atoms with Crippen molar-refractivity contribution in [3.63, 3.8) is 0 Å². The van der Waals surface area contributed by atoms with Crippen LogP contribution in [0.2, 0.25) is 5.02 Å². The third-order valence-corrected chi connectivity index (χ3v) is 10.6. The normalized spacial score (nSPS) is 18.7. The molecular formula is C34H41ClN6O4S. The smallest absolute Gasteiger partial charge is 0.239 e. The van der Waals surface area contributed by atoms with Gasteiger partial charge in [-0.05, 0) is 48.2 Å². The molecule has 1 aromatic heterocycles. The summed E-state index contributed by atoms with van der Waals surface area (Å²) in [5.74, 6) is 6.61. The lowest BCUT2D eigenvalue weighted by molar-refractivity contribution is -0.131. The topological polar surface area (TPSA) is 100 Å². The van der Waals surface area contributed by atoms with Gasteiger partial charge in [-0.2, -0.15) is 9.40 Å². The number of likely N-dealkylation sites (N-methyl/N-ethyl adjacent to an activating group) is 1. The molecule has 1 atom stereocenters. The third kappa shape index (κ3) is 7.33. The molecule has 1 N–H and O–H groups in total. The van der Waals surface area contributed by atoms with Gasteiger partial charge in [-0.15, -0.1) is 0 Å². The molecule has 4 heterocycles. The molecule has 10 nitrogen and oxygen atoms in total. The van der Waals surface area contributed by atoms with Crippen LogP contribution in [-0.4, -0.2) is 104 Å². The molecule has 0 bridgehead atoms. The summed E-state index contributed by atoms with van der Waals surface area (Å²) in [5, 5.41) is 8.94. The van der Waals surface area contributed by atoms with Crippen LogP contribution in [0.1, 0.15) is 39.9 Å². The van der Waals surface area contributed by atoms with E-state index in [1.54, 1.807) is 19.0 Å². The zero-order chi connectivity index (χ0) is 32.4. The molecule has 3 aliphatic rings. The van der Waals surface area contributed by atoms with Crippen molar-refractivity contribution in [2.24, 2.45) is 0 Å². The largest absolute Gasteiger partial charge is 0.379 e. The Bertz CT molecular complexity index is 1790. The monoisotopic (exact) mass is 664 g/mol. The second-order valence-corrected chi connectivity index (χ2v) is 14.8. The average molecular weight is 665 g/mol. The van der Waals surface area contributed by atoms with Gasteiger partial charge in [-0.1, -0.05) is 35.6 Å². The number of rotatable bonds is 7. The summed E-state index contributed by atoms with van der Waals surface area (Å²) in [6, 6.07) is 11.6. The van der Waals surface area contributed by atoms with Gasteiger partial charge in [0.15, 0.2) is 0 Å². The van der Waals surface area contributed by atoms with Crippen LogP contribution in [0.25, 0.3) is 11.3 Å². The van der Waals surface area contributed by atoms with Crippen LogP contribution in [0, 0.1) is 11.8 Å². The van der Waals surface area contributed by atoms with Gasteiger partial charge in [0.05, 0.1) is 36.2 Å². The zero-order valence-corrected chi connectivity index (χ0v) is 28.3. The van der Waals surface area contributed by atoms with Crippen LogP contribution in [0.3, 0.4) is 0 Å². The first-order chi connectivity index (χ1) is 22.1. The molecule has 1 saturated heterocycles. The number of aryl methyl sites for hydroxylation is 1. The van der Waals surface area contributed by atoms with E-state index in [1.165, 1.54) is 10.6 Å². The van der Waals surface area contributed by atoms with E-state index in [9.17, 15) is 13.2 Å². The predicted octanol–water partition coefficient (Wildman–Crippen LogP) is 2.75. The summed E-state index contributed by atoms with van der Waals surface area (Å²) in [6.07, 6.45) is 3.47. The highest BCUT2D eigenvalue weighted by Crippen LogP contribution is 2.33. The highest BCUT2D eigenvalue weighted by Gasteiger charge is 2.30. The minimum atomic E-state index is -3.35. The van der Waals surface area contributed by atoms with Crippen LogP contribution < -0.4 is 5.32 Å². The third-order valence-electron chi connectivity index (χ3n) is 9.01. The number of nitrogens with one attached hydrogen (secondary N) is 1. The van der Waals surface area contributed by atoms with Crippen molar-refractivity contribution in [3.8, 4) is 23.1 Å². The van der Waals surface area contributed by atoms with Gasteiger partial charge in [0.2, 0.25) is 15.9 Å². The fourth-order valence-corrected chi connectivity index (χ4v) is 7.37. The van der Waals surface area contributed by atoms with Gasteiger partial charge < -0.3 is 15.0 Å². The van der Waals surface area contributed by atoms with Gasteiger partial charge in [-0.3, -0.25) is 14.4 Å². The number of ether oxygens (including phenoxy) is 1. The molecule has 3 aliphatic heterocycles. The number of aromatic nitrogens is 2. The fraction of sp³-hybridized carbons (Fsp3) is 0.471. The Morgan fingerprint density at radius 1 is 1.09 bits per heavy atom. The number of halogens is 1. The molecule has 1 amide bonds. The molecule has 6 rings (SSSR count). The Morgan fingerprint density at radius 3 is 2.65 bits per heavy atom. The van der Waals surface area contributed by atoms with E-state index < -0.39 is 10.0 Å². The van der Waals surface area contributed by atoms with E-state index in [1.807, 2.05) is 24.3 Å². The molecule has 0 aliphatic carbocycles. The van der Waals surface area contributed by atoms with E-state index in [2.05, 4.69) is 38.9 Å². The summed E-state index contributed by atoms with van der Waals surface area (Å²) >= 11 is 6.64. The van der Waals surface area contributed by atoms with Crippen LogP contribution in [0.15, 0.2) is 36.4 Å². The number of hydrogen-bond donors (Lipinski definition) is 1. The van der Waals surface area contributed by atoms with Crippen molar-refractivity contribution in [1.29, 1.82) is 0 Å². The maximum absolute atomic E-state index is 12.5. The van der Waals surface area contributed by atoms with E-state index in [-0.39, 0.29) is 11.9 Å². The second-order valence-electron chi connectivity index (χ2n) is 12.4. The standard InChI is InChI=1S/C34H41ClN6O4S/c1-38(2)34(42)31-21-25-7-5-24(19-28(25)22-36-31)6-8-26-20-27(9-10-30(26)35)33-29-23-40(46(3,43)44)14-11-32(29)41(37-33)13-4-12-39-15-17-45-18-16-39/h5,7,9-10,19-20,31,36H,4,11-18,21-23H2,1-3H3/t31-/m0/s1. The summed E-state index contributed by atoms with van der Waals surface area (Å²) in [7, 11) is 0.198. The SMILES string of the molecule is CN(C)C(=O)[C@@H]1Cc2ccc(C#Cc3cc(-c4nn(CCCN5CCOCC5)c5c4CN(S(C)(=O)=O)CC5)ccc3Cl)cc2CN1. The Balaban J connectivity index is 1.25. The summed E-state index contributed by atoms with van der Waals surface area (Å²) < 4.78 is 34.1. The van der Waals surface area contributed by atoms with Crippen molar-refractivity contribution < 1.29 is 17.9 Å². The molecule has 0 radical (unpaired) electrons. The van der Waals surface area contributed by atoms with Crippen molar-refractivity contribution in [1.82, 2.24) is 29.2 Å². The molecule has 0 saturated carbocycles. The molecule has 46 heavy (non-hydrogen) atoms. The molecule has 12 heteroatoms. The fourth-order valence-electron chi connectivity index (χ4n) is 6.42. The first-order valence-corrected chi connectivity index (χ1v) is 18.0. The maximum atomic E-state index is 12.5. The molecule has 0 spiro atoms. The van der Waals surface area contributed by atoms with Crippen molar-refractivity contribution in [2.75, 3.05) is 59.7 Å². The number of carbonyl (C=O) groups is 1. The Kier molecular flexibility index (Phi) is 9.85. The molecule has 244 valence electrons. The van der Waals surface area contributed by atoms with Crippen LogP contribution >= 0.6 is 11.6 Å². The lowest BCUT2D eigenvalue weighted by Gasteiger charge is -2.27. The predicted molar refractivity (Wildman–Crippen MR) is 179 cm³/mol. The number of carbonyl (C=O) groups excluding carboxylic acids is 1. The van der Waals surface area contributed by atoms with Crippen LogP contribution in [0.4, 0.5) is 0 Å². The van der Waals surface area contributed by atoms with E-state index in [4.69, 9.17) is 21.4 Å². The minimum absolute atomic E-state index is 0.0761. The lowest BCUT2D eigenvalue weighted by atomic mass is 9.93. The van der Waals surface area contributed by atoms with Crippen LogP contribution in [0.5, 0.6) is 0 Å². The number of hydrogen-bond acceptors (Lipinski definition) is 7. The number of morpholine rings is 1. The first kappa shape index (κ1) is 32.7. The summed E-state index contributed by atoms with van der Waals surface area (Å²) in [5.41, 5.74) is 7.50. The molecule has 3 aromatic rings. The van der Waals surface area contributed by atoms with Crippen molar-refractivity contribution in [3.05, 3.63) is 74.9 Å². The number of amides is 1. The van der Waals surface area contributed by atoms with Gasteiger partial charge in [0.1, 0.15) is 0 Å². The Hall–Kier alpha value is -3.24. The summed E-state index contributed by atoms with van der Waals surface area (Å²) in [6.45, 7) is 6.51. The number of fused-ring (bicyclic) bond motifs is 2. The lowest BCUT2D eigenvalue weighted by Crippen LogP contribution is -2.47. The van der Waals surface area contributed by atoms with Crippen molar-refractivity contribution >= 4 is 27.5 Å². The molecule has 0 unspecified atom stereocenters. The number of sulfonamides is 1. The van der Waals surface area contributed by atoms with Gasteiger partial charge >= 0.3 is 0 Å². The second kappa shape index (κ2) is 13.9. The highest BCUT2D eigenvalue weighted by molar-refractivity contribution is 7.88. The average Bonchev–Trinajstić information content (AvgIpc) is 3.41. The zero-order valence-electron chi connectivity index (χ0n) is 26.7. The van der Waals surface area contributed by atoms with Gasteiger partial charge in [-0.25, -0.2) is 8.42 Å². The Morgan fingerprint density at radius 2 is 1.89 bits per heavy atom. The van der Waals surface area contributed by atoms with E-state index >= 15 is 0 Å². The van der Waals surface area contributed by atoms with Crippen LogP contribution in [-0.2, 0) is 52.0 Å². The minimum Gasteiger partial charge on any atom is -0.379 e.